The Hall–Kier alpha value is -3.55. The average molecular weight is 369 g/mol. The van der Waals surface area contributed by atoms with Gasteiger partial charge in [-0.15, -0.1) is 0 Å². The van der Waals surface area contributed by atoms with Gasteiger partial charge >= 0.3 is 11.1 Å². The number of ether oxygens (including phenoxy) is 2. The summed E-state index contributed by atoms with van der Waals surface area (Å²) >= 11 is 0. The minimum absolute atomic E-state index is 0.145. The van der Waals surface area contributed by atoms with Crippen LogP contribution in [0.4, 0.5) is 0 Å². The first kappa shape index (κ1) is 18.2. The topological polar surface area (TPSA) is 102 Å². The number of H-pyrrole nitrogens is 1. The summed E-state index contributed by atoms with van der Waals surface area (Å²) in [6, 6.07) is 12.0. The monoisotopic (exact) mass is 369 g/mol. The molecule has 0 aliphatic rings. The fourth-order valence-electron chi connectivity index (χ4n) is 2.89. The standard InChI is InChI=1S/C19H19N3O5/c1-26-14-8-5-9-15(27-2)16(14)17(23)20-10-11-22-13-7-4-3-6-12(13)21-18(24)19(22)25/h3-9H,10-11H2,1-2H3,(H,20,23)(H,21,24). The first-order chi connectivity index (χ1) is 13.1. The maximum atomic E-state index is 12.6. The van der Waals surface area contributed by atoms with E-state index in [0.717, 1.165) is 0 Å². The molecule has 2 aromatic carbocycles. The van der Waals surface area contributed by atoms with Gasteiger partial charge in [-0.3, -0.25) is 14.4 Å². The summed E-state index contributed by atoms with van der Waals surface area (Å²) in [6.45, 7) is 0.292. The van der Waals surface area contributed by atoms with E-state index in [2.05, 4.69) is 10.3 Å². The zero-order chi connectivity index (χ0) is 19.4. The van der Waals surface area contributed by atoms with Crippen molar-refractivity contribution in [2.45, 2.75) is 6.54 Å². The maximum Gasteiger partial charge on any atom is 0.316 e. The number of amides is 1. The van der Waals surface area contributed by atoms with Crippen LogP contribution in [0.5, 0.6) is 11.5 Å². The maximum absolute atomic E-state index is 12.6. The van der Waals surface area contributed by atoms with Gasteiger partial charge in [-0.1, -0.05) is 18.2 Å². The highest BCUT2D eigenvalue weighted by Gasteiger charge is 2.18. The quantitative estimate of drug-likeness (QED) is 0.635. The predicted octanol–water partition coefficient (Wildman–Crippen LogP) is 1.14. The van der Waals surface area contributed by atoms with Crippen molar-refractivity contribution in [1.29, 1.82) is 0 Å². The van der Waals surface area contributed by atoms with Crippen LogP contribution in [0.1, 0.15) is 10.4 Å². The number of para-hydroxylation sites is 2. The molecule has 0 atom stereocenters. The molecular weight excluding hydrogens is 350 g/mol. The Labute approximate surface area is 154 Å². The van der Waals surface area contributed by atoms with Gasteiger partial charge in [0.15, 0.2) is 0 Å². The number of hydrogen-bond acceptors (Lipinski definition) is 5. The lowest BCUT2D eigenvalue weighted by Crippen LogP contribution is -2.39. The Morgan fingerprint density at radius 2 is 1.70 bits per heavy atom. The lowest BCUT2D eigenvalue weighted by Gasteiger charge is -2.14. The van der Waals surface area contributed by atoms with Crippen LogP contribution < -0.4 is 25.9 Å². The number of carbonyl (C=O) groups excluding carboxylic acids is 1. The molecule has 3 rings (SSSR count). The van der Waals surface area contributed by atoms with Gasteiger partial charge in [0.1, 0.15) is 17.1 Å². The van der Waals surface area contributed by atoms with Crippen LogP contribution in [0, 0.1) is 0 Å². The molecule has 27 heavy (non-hydrogen) atoms. The molecule has 1 amide bonds. The number of aromatic amines is 1. The summed E-state index contributed by atoms with van der Waals surface area (Å²) in [4.78, 5) is 39.2. The third kappa shape index (κ3) is 3.55. The number of hydrogen-bond donors (Lipinski definition) is 2. The summed E-state index contributed by atoms with van der Waals surface area (Å²) in [5.74, 6) is 0.364. The fraction of sp³-hybridized carbons (Fsp3) is 0.211. The van der Waals surface area contributed by atoms with Crippen molar-refractivity contribution in [1.82, 2.24) is 14.9 Å². The molecule has 8 heteroatoms. The predicted molar refractivity (Wildman–Crippen MR) is 101 cm³/mol. The van der Waals surface area contributed by atoms with Crippen molar-refractivity contribution in [3.63, 3.8) is 0 Å². The molecule has 0 spiro atoms. The van der Waals surface area contributed by atoms with Gasteiger partial charge in [-0.25, -0.2) is 0 Å². The van der Waals surface area contributed by atoms with Gasteiger partial charge in [-0.2, -0.15) is 0 Å². The van der Waals surface area contributed by atoms with Crippen LogP contribution in [0.15, 0.2) is 52.1 Å². The second kappa shape index (κ2) is 7.77. The molecule has 0 aliphatic carbocycles. The lowest BCUT2D eigenvalue weighted by atomic mass is 10.1. The number of carbonyl (C=O) groups is 1. The van der Waals surface area contributed by atoms with Crippen LogP contribution >= 0.6 is 0 Å². The smallest absolute Gasteiger partial charge is 0.316 e. The first-order valence-electron chi connectivity index (χ1n) is 8.28. The second-order valence-corrected chi connectivity index (χ2v) is 5.72. The molecular formula is C19H19N3O5. The molecule has 1 heterocycles. The SMILES string of the molecule is COc1cccc(OC)c1C(=O)NCCn1c(=O)c(=O)[nH]c2ccccc21. The highest BCUT2D eigenvalue weighted by molar-refractivity contribution is 5.99. The molecule has 0 radical (unpaired) electrons. The van der Waals surface area contributed by atoms with Gasteiger partial charge < -0.3 is 24.3 Å². The Bertz CT molecular complexity index is 1080. The van der Waals surface area contributed by atoms with Crippen LogP contribution in [0.3, 0.4) is 0 Å². The minimum Gasteiger partial charge on any atom is -0.496 e. The van der Waals surface area contributed by atoms with Crippen LogP contribution in [0.25, 0.3) is 11.0 Å². The summed E-state index contributed by atoms with van der Waals surface area (Å²) in [5, 5.41) is 2.74. The zero-order valence-corrected chi connectivity index (χ0v) is 14.9. The van der Waals surface area contributed by atoms with Gasteiger partial charge in [-0.05, 0) is 24.3 Å². The van der Waals surface area contributed by atoms with Crippen molar-refractivity contribution in [2.24, 2.45) is 0 Å². The first-order valence-corrected chi connectivity index (χ1v) is 8.28. The Balaban J connectivity index is 1.83. The molecule has 140 valence electrons. The van der Waals surface area contributed by atoms with Gasteiger partial charge in [0, 0.05) is 13.1 Å². The Morgan fingerprint density at radius 1 is 1.04 bits per heavy atom. The summed E-state index contributed by atoms with van der Waals surface area (Å²) < 4.78 is 11.8. The van der Waals surface area contributed by atoms with Crippen LogP contribution in [-0.4, -0.2) is 36.2 Å². The molecule has 0 saturated heterocycles. The summed E-state index contributed by atoms with van der Waals surface area (Å²) in [7, 11) is 2.93. The minimum atomic E-state index is -0.702. The van der Waals surface area contributed by atoms with E-state index in [1.54, 1.807) is 42.5 Å². The van der Waals surface area contributed by atoms with Crippen molar-refractivity contribution >= 4 is 16.9 Å². The lowest BCUT2D eigenvalue weighted by molar-refractivity contribution is 0.0946. The molecule has 0 saturated carbocycles. The van der Waals surface area contributed by atoms with Crippen molar-refractivity contribution in [3.05, 3.63) is 68.7 Å². The third-order valence-corrected chi connectivity index (χ3v) is 4.16. The number of nitrogens with one attached hydrogen (secondary N) is 2. The largest absolute Gasteiger partial charge is 0.496 e. The Kier molecular flexibility index (Phi) is 5.25. The number of methoxy groups -OCH3 is 2. The van der Waals surface area contributed by atoms with Crippen molar-refractivity contribution in [3.8, 4) is 11.5 Å². The van der Waals surface area contributed by atoms with Gasteiger partial charge in [0.25, 0.3) is 5.91 Å². The summed E-state index contributed by atoms with van der Waals surface area (Å²) in [5.41, 5.74) is 0.0425. The Morgan fingerprint density at radius 3 is 2.37 bits per heavy atom. The van der Waals surface area contributed by atoms with E-state index in [9.17, 15) is 14.4 Å². The molecule has 1 aromatic heterocycles. The van der Waals surface area contributed by atoms with Crippen molar-refractivity contribution in [2.75, 3.05) is 20.8 Å². The molecule has 0 aliphatic heterocycles. The third-order valence-electron chi connectivity index (χ3n) is 4.16. The van der Waals surface area contributed by atoms with E-state index in [0.29, 0.717) is 22.5 Å². The molecule has 2 N–H and O–H groups in total. The fourth-order valence-corrected chi connectivity index (χ4v) is 2.89. The molecule has 3 aromatic rings. The normalized spacial score (nSPS) is 10.6. The summed E-state index contributed by atoms with van der Waals surface area (Å²) in [6.07, 6.45) is 0. The van der Waals surface area contributed by atoms with E-state index in [4.69, 9.17) is 9.47 Å². The van der Waals surface area contributed by atoms with Crippen molar-refractivity contribution < 1.29 is 14.3 Å². The highest BCUT2D eigenvalue weighted by Crippen LogP contribution is 2.27. The number of fused-ring (bicyclic) bond motifs is 1. The van der Waals surface area contributed by atoms with E-state index in [-0.39, 0.29) is 18.7 Å². The molecule has 0 bridgehead atoms. The number of aromatic nitrogens is 2. The van der Waals surface area contributed by atoms with Gasteiger partial charge in [0.2, 0.25) is 0 Å². The molecule has 0 fully saturated rings. The number of benzene rings is 2. The van der Waals surface area contributed by atoms with E-state index >= 15 is 0 Å². The number of nitrogens with zero attached hydrogens (tertiary/aromatic N) is 1. The van der Waals surface area contributed by atoms with Gasteiger partial charge in [0.05, 0.1) is 25.3 Å². The average Bonchev–Trinajstić information content (AvgIpc) is 2.69. The van der Waals surface area contributed by atoms with Crippen LogP contribution in [-0.2, 0) is 6.54 Å². The zero-order valence-electron chi connectivity index (χ0n) is 14.9. The molecule has 0 unspecified atom stereocenters. The van der Waals surface area contributed by atoms with Crippen LogP contribution in [0.2, 0.25) is 0 Å². The number of rotatable bonds is 6. The molecule has 8 nitrogen and oxygen atoms in total. The van der Waals surface area contributed by atoms with E-state index in [1.807, 2.05) is 0 Å². The second-order valence-electron chi connectivity index (χ2n) is 5.72. The van der Waals surface area contributed by atoms with E-state index < -0.39 is 17.0 Å². The highest BCUT2D eigenvalue weighted by atomic mass is 16.5. The van der Waals surface area contributed by atoms with E-state index in [1.165, 1.54) is 18.8 Å².